The topological polar surface area (TPSA) is 30.7 Å². The molecule has 1 aromatic rings. The van der Waals surface area contributed by atoms with Crippen LogP contribution in [-0.2, 0) is 18.4 Å². The van der Waals surface area contributed by atoms with Crippen molar-refractivity contribution in [3.8, 4) is 0 Å². The minimum absolute atomic E-state index is 0.0478. The largest absolute Gasteiger partial charge is 0.244 e. The van der Waals surface area contributed by atoms with Crippen LogP contribution in [0.5, 0.6) is 0 Å². The van der Waals surface area contributed by atoms with E-state index in [0.29, 0.717) is 5.41 Å². The van der Waals surface area contributed by atoms with E-state index in [1.165, 1.54) is 24.2 Å². The Morgan fingerprint density at radius 2 is 1.55 bits per heavy atom. The lowest BCUT2D eigenvalue weighted by molar-refractivity contribution is 0.310. The standard InChI is InChI=1S/C17H29N3/c1-16(2,3)15-11-7-9-13-14(10-8-12(11)15)20(19-18-13)17(4,5)6/h11-12,15H,7-10H2,1-6H3/t11?,12-,15?/m0/s1. The van der Waals surface area contributed by atoms with Gasteiger partial charge < -0.3 is 0 Å². The molecule has 0 bridgehead atoms. The molecule has 2 unspecified atom stereocenters. The quantitative estimate of drug-likeness (QED) is 0.720. The molecule has 0 radical (unpaired) electrons. The van der Waals surface area contributed by atoms with Gasteiger partial charge in [0.2, 0.25) is 0 Å². The Labute approximate surface area is 123 Å². The zero-order chi connectivity index (χ0) is 14.7. The molecule has 0 N–H and O–H groups in total. The lowest BCUT2D eigenvalue weighted by Gasteiger charge is -2.22. The molecule has 1 saturated carbocycles. The van der Waals surface area contributed by atoms with Crippen LogP contribution in [0.1, 0.15) is 65.8 Å². The number of rotatable bonds is 0. The lowest BCUT2D eigenvalue weighted by Crippen LogP contribution is -2.26. The second kappa shape index (κ2) is 4.32. The van der Waals surface area contributed by atoms with Crippen LogP contribution in [0.3, 0.4) is 0 Å². The summed E-state index contributed by atoms with van der Waals surface area (Å²) in [6.45, 7) is 13.9. The molecule has 3 atom stereocenters. The normalized spacial score (nSPS) is 30.2. The Morgan fingerprint density at radius 1 is 0.950 bits per heavy atom. The Balaban J connectivity index is 1.82. The summed E-state index contributed by atoms with van der Waals surface area (Å²) in [5.41, 5.74) is 3.18. The van der Waals surface area contributed by atoms with E-state index in [1.807, 2.05) is 0 Å². The van der Waals surface area contributed by atoms with Gasteiger partial charge in [0, 0.05) is 0 Å². The number of hydrogen-bond acceptors (Lipinski definition) is 2. The summed E-state index contributed by atoms with van der Waals surface area (Å²) >= 11 is 0. The van der Waals surface area contributed by atoms with E-state index in [2.05, 4.69) is 56.5 Å². The Bertz CT molecular complexity index is 501. The van der Waals surface area contributed by atoms with Crippen LogP contribution in [-0.4, -0.2) is 15.0 Å². The molecular formula is C17H29N3. The van der Waals surface area contributed by atoms with Crippen molar-refractivity contribution in [3.05, 3.63) is 11.4 Å². The van der Waals surface area contributed by atoms with Crippen molar-refractivity contribution in [2.24, 2.45) is 23.2 Å². The van der Waals surface area contributed by atoms with Crippen LogP contribution in [0.4, 0.5) is 0 Å². The van der Waals surface area contributed by atoms with Crippen LogP contribution < -0.4 is 0 Å². The highest BCUT2D eigenvalue weighted by Gasteiger charge is 2.54. The fraction of sp³-hybridized carbons (Fsp3) is 0.882. The van der Waals surface area contributed by atoms with Gasteiger partial charge in [0.1, 0.15) is 0 Å². The molecule has 3 nitrogen and oxygen atoms in total. The minimum atomic E-state index is 0.0478. The Hall–Kier alpha value is -0.860. The van der Waals surface area contributed by atoms with E-state index < -0.39 is 0 Å². The summed E-state index contributed by atoms with van der Waals surface area (Å²) < 4.78 is 2.16. The van der Waals surface area contributed by atoms with Crippen molar-refractivity contribution in [3.63, 3.8) is 0 Å². The Kier molecular flexibility index (Phi) is 3.04. The van der Waals surface area contributed by atoms with Crippen LogP contribution in [0.15, 0.2) is 0 Å². The summed E-state index contributed by atoms with van der Waals surface area (Å²) in [5, 5.41) is 8.90. The van der Waals surface area contributed by atoms with Gasteiger partial charge in [-0.3, -0.25) is 0 Å². The third-order valence-electron chi connectivity index (χ3n) is 5.24. The molecule has 3 heteroatoms. The molecule has 112 valence electrons. The second-order valence-electron chi connectivity index (χ2n) is 8.86. The molecule has 0 aliphatic heterocycles. The lowest BCUT2D eigenvalue weighted by atomic mass is 9.87. The third-order valence-corrected chi connectivity index (χ3v) is 5.24. The molecule has 20 heavy (non-hydrogen) atoms. The van der Waals surface area contributed by atoms with Crippen molar-refractivity contribution in [1.82, 2.24) is 15.0 Å². The summed E-state index contributed by atoms with van der Waals surface area (Å²) in [6.07, 6.45) is 4.91. The molecule has 1 aromatic heterocycles. The van der Waals surface area contributed by atoms with Gasteiger partial charge in [-0.25, -0.2) is 4.68 Å². The predicted octanol–water partition coefficient (Wildman–Crippen LogP) is 3.82. The van der Waals surface area contributed by atoms with Crippen molar-refractivity contribution >= 4 is 0 Å². The van der Waals surface area contributed by atoms with Crippen LogP contribution in [0, 0.1) is 23.2 Å². The fourth-order valence-electron chi connectivity index (χ4n) is 4.44. The molecule has 2 aliphatic rings. The van der Waals surface area contributed by atoms with Gasteiger partial charge in [0.25, 0.3) is 0 Å². The summed E-state index contributed by atoms with van der Waals surface area (Å²) in [4.78, 5) is 0. The first-order chi connectivity index (χ1) is 9.19. The molecule has 1 fully saturated rings. The van der Waals surface area contributed by atoms with E-state index >= 15 is 0 Å². The highest BCUT2D eigenvalue weighted by Crippen LogP contribution is 2.60. The third kappa shape index (κ3) is 2.29. The van der Waals surface area contributed by atoms with Crippen molar-refractivity contribution in [2.75, 3.05) is 0 Å². The van der Waals surface area contributed by atoms with E-state index in [-0.39, 0.29) is 5.54 Å². The zero-order valence-corrected chi connectivity index (χ0v) is 13.9. The van der Waals surface area contributed by atoms with E-state index in [0.717, 1.165) is 30.6 Å². The number of aromatic nitrogens is 3. The summed E-state index contributed by atoms with van der Waals surface area (Å²) in [7, 11) is 0. The zero-order valence-electron chi connectivity index (χ0n) is 13.9. The van der Waals surface area contributed by atoms with E-state index in [1.54, 1.807) is 0 Å². The maximum absolute atomic E-state index is 4.48. The minimum Gasteiger partial charge on any atom is -0.244 e. The van der Waals surface area contributed by atoms with Crippen LogP contribution >= 0.6 is 0 Å². The highest BCUT2D eigenvalue weighted by molar-refractivity contribution is 5.17. The van der Waals surface area contributed by atoms with Crippen LogP contribution in [0.25, 0.3) is 0 Å². The number of fused-ring (bicyclic) bond motifs is 2. The molecule has 0 spiro atoms. The molecule has 3 rings (SSSR count). The maximum Gasteiger partial charge on any atom is 0.0859 e. The van der Waals surface area contributed by atoms with Crippen molar-refractivity contribution in [2.45, 2.75) is 72.8 Å². The van der Waals surface area contributed by atoms with E-state index in [4.69, 9.17) is 0 Å². The molecule has 0 aromatic carbocycles. The molecule has 0 saturated heterocycles. The van der Waals surface area contributed by atoms with Crippen molar-refractivity contribution < 1.29 is 0 Å². The monoisotopic (exact) mass is 275 g/mol. The first-order valence-corrected chi connectivity index (χ1v) is 8.13. The predicted molar refractivity (Wildman–Crippen MR) is 81.6 cm³/mol. The number of aryl methyl sites for hydroxylation is 1. The van der Waals surface area contributed by atoms with Gasteiger partial charge in [-0.1, -0.05) is 26.0 Å². The highest BCUT2D eigenvalue weighted by atomic mass is 15.5. The van der Waals surface area contributed by atoms with Gasteiger partial charge in [-0.15, -0.1) is 5.10 Å². The average molecular weight is 275 g/mol. The van der Waals surface area contributed by atoms with Gasteiger partial charge in [0.05, 0.1) is 16.9 Å². The van der Waals surface area contributed by atoms with Gasteiger partial charge in [-0.05, 0) is 69.6 Å². The van der Waals surface area contributed by atoms with E-state index in [9.17, 15) is 0 Å². The molecule has 1 heterocycles. The fourth-order valence-corrected chi connectivity index (χ4v) is 4.44. The van der Waals surface area contributed by atoms with Crippen LogP contribution in [0.2, 0.25) is 0 Å². The molecule has 0 amide bonds. The second-order valence-corrected chi connectivity index (χ2v) is 8.86. The SMILES string of the molecule is CC(C)(C)C1C2CCc3nnn(C(C)(C)C)c3CC[C@@H]21. The average Bonchev–Trinajstić information content (AvgIpc) is 2.80. The summed E-state index contributed by atoms with van der Waals surface area (Å²) in [6, 6.07) is 0. The smallest absolute Gasteiger partial charge is 0.0859 e. The van der Waals surface area contributed by atoms with Gasteiger partial charge >= 0.3 is 0 Å². The molecule has 2 aliphatic carbocycles. The first-order valence-electron chi connectivity index (χ1n) is 8.13. The van der Waals surface area contributed by atoms with Gasteiger partial charge in [-0.2, -0.15) is 0 Å². The summed E-state index contributed by atoms with van der Waals surface area (Å²) in [5.74, 6) is 2.79. The van der Waals surface area contributed by atoms with Crippen molar-refractivity contribution in [1.29, 1.82) is 0 Å². The first kappa shape index (κ1) is 14.1. The number of nitrogens with zero attached hydrogens (tertiary/aromatic N) is 3. The Morgan fingerprint density at radius 3 is 2.10 bits per heavy atom. The maximum atomic E-state index is 4.48. The number of hydrogen-bond donors (Lipinski definition) is 0. The van der Waals surface area contributed by atoms with Gasteiger partial charge in [0.15, 0.2) is 0 Å². The molecular weight excluding hydrogens is 246 g/mol.